The standard InChI is InChI=1S/C15H25N3O2S/c1-11-5-12(2)9-17(8-11)21(19,20)15-6-14(7-16)18(10-15)13-3-4-13/h6,10-13H,3-5,7-9,16H2,1-2H3. The minimum Gasteiger partial charge on any atom is -0.346 e. The number of aromatic nitrogens is 1. The summed E-state index contributed by atoms with van der Waals surface area (Å²) in [6, 6.07) is 2.21. The van der Waals surface area contributed by atoms with Gasteiger partial charge in [0.25, 0.3) is 0 Å². The van der Waals surface area contributed by atoms with Crippen molar-refractivity contribution in [3.05, 3.63) is 18.0 Å². The fraction of sp³-hybridized carbons (Fsp3) is 0.733. The number of nitrogens with two attached hydrogens (primary N) is 1. The summed E-state index contributed by atoms with van der Waals surface area (Å²) in [7, 11) is -3.39. The van der Waals surface area contributed by atoms with E-state index in [0.717, 1.165) is 25.0 Å². The largest absolute Gasteiger partial charge is 0.346 e. The van der Waals surface area contributed by atoms with Gasteiger partial charge in [0.15, 0.2) is 0 Å². The van der Waals surface area contributed by atoms with Gasteiger partial charge in [-0.2, -0.15) is 4.31 Å². The number of piperidine rings is 1. The van der Waals surface area contributed by atoms with Crippen LogP contribution in [0.2, 0.25) is 0 Å². The van der Waals surface area contributed by atoms with E-state index >= 15 is 0 Å². The number of hydrogen-bond donors (Lipinski definition) is 1. The first kappa shape index (κ1) is 15.1. The summed E-state index contributed by atoms with van der Waals surface area (Å²) in [5.41, 5.74) is 6.69. The van der Waals surface area contributed by atoms with Gasteiger partial charge in [0.1, 0.15) is 4.90 Å². The fourth-order valence-electron chi connectivity index (χ4n) is 3.45. The predicted octanol–water partition coefficient (Wildman–Crippen LogP) is 1.95. The Morgan fingerprint density at radius 1 is 1.24 bits per heavy atom. The zero-order valence-corrected chi connectivity index (χ0v) is 13.6. The molecule has 2 unspecified atom stereocenters. The lowest BCUT2D eigenvalue weighted by Crippen LogP contribution is -2.42. The van der Waals surface area contributed by atoms with Gasteiger partial charge in [0, 0.05) is 37.6 Å². The maximum absolute atomic E-state index is 12.9. The molecule has 0 amide bonds. The third-order valence-corrected chi connectivity index (χ3v) is 6.33. The second-order valence-electron chi connectivity index (χ2n) is 6.78. The monoisotopic (exact) mass is 311 g/mol. The van der Waals surface area contributed by atoms with E-state index in [1.165, 1.54) is 0 Å². The number of hydrogen-bond acceptors (Lipinski definition) is 3. The van der Waals surface area contributed by atoms with Gasteiger partial charge in [-0.15, -0.1) is 0 Å². The first-order valence-corrected chi connectivity index (χ1v) is 9.26. The highest BCUT2D eigenvalue weighted by Gasteiger charge is 2.34. The van der Waals surface area contributed by atoms with E-state index in [9.17, 15) is 8.42 Å². The van der Waals surface area contributed by atoms with Crippen molar-refractivity contribution < 1.29 is 8.42 Å². The van der Waals surface area contributed by atoms with Crippen molar-refractivity contribution in [2.24, 2.45) is 17.6 Å². The summed E-state index contributed by atoms with van der Waals surface area (Å²) in [4.78, 5) is 0.413. The third kappa shape index (κ3) is 2.89. The summed E-state index contributed by atoms with van der Waals surface area (Å²) in [6.07, 6.45) is 5.14. The molecule has 3 rings (SSSR count). The minimum atomic E-state index is -3.39. The predicted molar refractivity (Wildman–Crippen MR) is 82.3 cm³/mol. The van der Waals surface area contributed by atoms with Crippen LogP contribution in [-0.4, -0.2) is 30.4 Å². The first-order valence-electron chi connectivity index (χ1n) is 7.82. The second-order valence-corrected chi connectivity index (χ2v) is 8.72. The third-order valence-electron chi connectivity index (χ3n) is 4.53. The van der Waals surface area contributed by atoms with E-state index in [1.807, 2.05) is 0 Å². The molecule has 2 fully saturated rings. The SMILES string of the molecule is CC1CC(C)CN(S(=O)(=O)c2cc(CN)n(C3CC3)c2)C1. The van der Waals surface area contributed by atoms with Crippen LogP contribution in [0.3, 0.4) is 0 Å². The molecule has 21 heavy (non-hydrogen) atoms. The molecule has 2 N–H and O–H groups in total. The topological polar surface area (TPSA) is 68.3 Å². The molecule has 0 aromatic carbocycles. The number of sulfonamides is 1. The van der Waals surface area contributed by atoms with Crippen molar-refractivity contribution in [3.63, 3.8) is 0 Å². The molecule has 1 aromatic heterocycles. The van der Waals surface area contributed by atoms with Crippen molar-refractivity contribution in [1.82, 2.24) is 8.87 Å². The molecule has 2 aliphatic rings. The lowest BCUT2D eigenvalue weighted by molar-refractivity contribution is 0.222. The van der Waals surface area contributed by atoms with Gasteiger partial charge in [-0.05, 0) is 37.2 Å². The van der Waals surface area contributed by atoms with Crippen molar-refractivity contribution in [3.8, 4) is 0 Å². The number of nitrogens with zero attached hydrogens (tertiary/aromatic N) is 2. The highest BCUT2D eigenvalue weighted by molar-refractivity contribution is 7.89. The van der Waals surface area contributed by atoms with Crippen molar-refractivity contribution in [2.75, 3.05) is 13.1 Å². The second kappa shape index (κ2) is 5.41. The van der Waals surface area contributed by atoms with E-state index in [1.54, 1.807) is 16.6 Å². The van der Waals surface area contributed by atoms with Crippen LogP contribution in [0.4, 0.5) is 0 Å². The zero-order valence-electron chi connectivity index (χ0n) is 12.8. The Bertz CT molecular complexity index is 609. The molecule has 2 heterocycles. The quantitative estimate of drug-likeness (QED) is 0.924. The molecule has 0 spiro atoms. The Labute approximate surface area is 127 Å². The Balaban J connectivity index is 1.90. The molecule has 118 valence electrons. The molecule has 1 aliphatic heterocycles. The minimum absolute atomic E-state index is 0.388. The zero-order chi connectivity index (χ0) is 15.2. The van der Waals surface area contributed by atoms with Gasteiger partial charge in [-0.25, -0.2) is 8.42 Å². The Morgan fingerprint density at radius 3 is 2.38 bits per heavy atom. The molecule has 0 radical (unpaired) electrons. The van der Waals surface area contributed by atoms with Gasteiger partial charge >= 0.3 is 0 Å². The normalized spacial score (nSPS) is 28.0. The lowest BCUT2D eigenvalue weighted by atomic mass is 9.94. The molecule has 2 atom stereocenters. The summed E-state index contributed by atoms with van der Waals surface area (Å²) in [5.74, 6) is 0.839. The van der Waals surface area contributed by atoms with E-state index in [2.05, 4.69) is 18.4 Å². The van der Waals surface area contributed by atoms with Crippen LogP contribution in [0, 0.1) is 11.8 Å². The van der Waals surface area contributed by atoms with E-state index < -0.39 is 10.0 Å². The molecule has 5 nitrogen and oxygen atoms in total. The average Bonchev–Trinajstić information content (AvgIpc) is 3.16. The molecule has 0 bridgehead atoms. The Hall–Kier alpha value is -0.850. The maximum Gasteiger partial charge on any atom is 0.244 e. The molecular weight excluding hydrogens is 286 g/mol. The van der Waals surface area contributed by atoms with Gasteiger partial charge in [-0.3, -0.25) is 0 Å². The van der Waals surface area contributed by atoms with Crippen LogP contribution in [-0.2, 0) is 16.6 Å². The molecule has 1 aliphatic carbocycles. The highest BCUT2D eigenvalue weighted by Crippen LogP contribution is 2.38. The van der Waals surface area contributed by atoms with Crippen molar-refractivity contribution in [1.29, 1.82) is 0 Å². The summed E-state index contributed by atoms with van der Waals surface area (Å²) >= 11 is 0. The van der Waals surface area contributed by atoms with Gasteiger partial charge in [-0.1, -0.05) is 13.8 Å². The van der Waals surface area contributed by atoms with E-state index in [4.69, 9.17) is 5.73 Å². The van der Waals surface area contributed by atoms with Crippen LogP contribution < -0.4 is 5.73 Å². The van der Waals surface area contributed by atoms with Crippen LogP contribution in [0.15, 0.2) is 17.2 Å². The van der Waals surface area contributed by atoms with Gasteiger partial charge in [0.05, 0.1) is 0 Å². The molecular formula is C15H25N3O2S. The fourth-order valence-corrected chi connectivity index (χ4v) is 5.18. The van der Waals surface area contributed by atoms with Crippen LogP contribution in [0.1, 0.15) is 44.8 Å². The number of rotatable bonds is 4. The average molecular weight is 311 g/mol. The first-order chi connectivity index (χ1) is 9.91. The Morgan fingerprint density at radius 2 is 1.86 bits per heavy atom. The van der Waals surface area contributed by atoms with Crippen LogP contribution >= 0.6 is 0 Å². The molecule has 1 saturated carbocycles. The summed E-state index contributed by atoms with van der Waals surface area (Å²) < 4.78 is 29.5. The highest BCUT2D eigenvalue weighted by atomic mass is 32.2. The van der Waals surface area contributed by atoms with Crippen LogP contribution in [0.5, 0.6) is 0 Å². The van der Waals surface area contributed by atoms with E-state index in [-0.39, 0.29) is 0 Å². The van der Waals surface area contributed by atoms with E-state index in [0.29, 0.717) is 42.4 Å². The molecule has 1 saturated heterocycles. The lowest BCUT2D eigenvalue weighted by Gasteiger charge is -2.33. The maximum atomic E-state index is 12.9. The summed E-state index contributed by atoms with van der Waals surface area (Å²) in [5, 5.41) is 0. The molecule has 1 aromatic rings. The molecule has 6 heteroatoms. The van der Waals surface area contributed by atoms with Crippen LogP contribution in [0.25, 0.3) is 0 Å². The van der Waals surface area contributed by atoms with Gasteiger partial charge in [0.2, 0.25) is 10.0 Å². The summed E-state index contributed by atoms with van der Waals surface area (Å²) in [6.45, 7) is 5.88. The Kier molecular flexibility index (Phi) is 3.88. The van der Waals surface area contributed by atoms with Crippen molar-refractivity contribution >= 4 is 10.0 Å². The van der Waals surface area contributed by atoms with Crippen molar-refractivity contribution in [2.45, 2.75) is 50.6 Å². The van der Waals surface area contributed by atoms with Gasteiger partial charge < -0.3 is 10.3 Å². The smallest absolute Gasteiger partial charge is 0.244 e.